The van der Waals surface area contributed by atoms with E-state index < -0.39 is 33.7 Å². The number of ether oxygens (including phenoxy) is 3. The first-order valence-electron chi connectivity index (χ1n) is 14.2. The number of methoxy groups -OCH3 is 1. The number of benzene rings is 1. The Hall–Kier alpha value is -3.45. The van der Waals surface area contributed by atoms with Crippen molar-refractivity contribution in [2.24, 2.45) is 5.92 Å². The maximum Gasteiger partial charge on any atom is 0.410 e. The van der Waals surface area contributed by atoms with Crippen LogP contribution in [-0.4, -0.2) is 92.2 Å². The Kier molecular flexibility index (Phi) is 9.61. The molecule has 4 rings (SSSR count). The second-order valence-electron chi connectivity index (χ2n) is 11.6. The highest BCUT2D eigenvalue weighted by Crippen LogP contribution is 2.29. The highest BCUT2D eigenvalue weighted by atomic mass is 32.2. The smallest absolute Gasteiger partial charge is 0.410 e. The Balaban J connectivity index is 1.36. The van der Waals surface area contributed by atoms with Crippen LogP contribution in [0.25, 0.3) is 10.9 Å². The number of amides is 2. The van der Waals surface area contributed by atoms with Crippen molar-refractivity contribution < 1.29 is 37.0 Å². The number of fused-ring (bicyclic) bond motifs is 1. The summed E-state index contributed by atoms with van der Waals surface area (Å²) in [5.41, 5.74) is -0.0550. The molecule has 1 unspecified atom stereocenters. The molecule has 1 saturated heterocycles. The molecule has 0 bridgehead atoms. The topological polar surface area (TPSA) is 144 Å². The van der Waals surface area contributed by atoms with Crippen molar-refractivity contribution in [2.45, 2.75) is 76.0 Å². The van der Waals surface area contributed by atoms with Crippen LogP contribution in [0.2, 0.25) is 0 Å². The van der Waals surface area contributed by atoms with Crippen LogP contribution in [0.3, 0.4) is 0 Å². The van der Waals surface area contributed by atoms with Gasteiger partial charge in [0.1, 0.15) is 11.6 Å². The zero-order valence-corrected chi connectivity index (χ0v) is 25.6. The molecule has 1 atom stereocenters. The number of carbonyl (C=O) groups is 3. The molecule has 42 heavy (non-hydrogen) atoms. The Morgan fingerprint density at radius 3 is 2.40 bits per heavy atom. The fourth-order valence-electron chi connectivity index (χ4n) is 5.34. The summed E-state index contributed by atoms with van der Waals surface area (Å²) in [5.74, 6) is -0.674. The zero-order chi connectivity index (χ0) is 30.7. The molecule has 230 valence electrons. The summed E-state index contributed by atoms with van der Waals surface area (Å²) >= 11 is 0. The molecule has 1 aromatic heterocycles. The normalized spacial score (nSPS) is 21.6. The van der Waals surface area contributed by atoms with Gasteiger partial charge in [-0.05, 0) is 77.6 Å². The van der Waals surface area contributed by atoms with Gasteiger partial charge in [-0.25, -0.2) is 27.7 Å². The molecule has 1 N–H and O–H groups in total. The molecule has 2 fully saturated rings. The van der Waals surface area contributed by atoms with E-state index in [4.69, 9.17) is 14.2 Å². The van der Waals surface area contributed by atoms with Crippen LogP contribution in [0.4, 0.5) is 4.79 Å². The predicted molar refractivity (Wildman–Crippen MR) is 154 cm³/mol. The van der Waals surface area contributed by atoms with Crippen LogP contribution in [0.5, 0.6) is 5.88 Å². The van der Waals surface area contributed by atoms with Crippen molar-refractivity contribution in [1.29, 1.82) is 0 Å². The lowest BCUT2D eigenvalue weighted by atomic mass is 9.85. The van der Waals surface area contributed by atoms with Gasteiger partial charge in [0.25, 0.3) is 0 Å². The second-order valence-corrected chi connectivity index (χ2v) is 13.3. The van der Waals surface area contributed by atoms with Gasteiger partial charge in [0, 0.05) is 36.5 Å². The first-order valence-corrected chi connectivity index (χ1v) is 15.7. The van der Waals surface area contributed by atoms with E-state index in [0.717, 1.165) is 0 Å². The molecule has 13 heteroatoms. The summed E-state index contributed by atoms with van der Waals surface area (Å²) in [4.78, 5) is 46.2. The van der Waals surface area contributed by atoms with E-state index in [1.165, 1.54) is 23.0 Å². The standard InChI is InChI=1S/C29H40N4O8S/c1-6-40-25-14-9-20-17-22(12-13-23(20)30-25)42(37,38)31-21-10-7-19(8-11-21)26(34)33-16-15-32(18-24(33)27(35)39-5)28(36)41-29(2,3)4/h9,12-14,17,19,21,24,31H,6-8,10-11,15-16,18H2,1-5H3. The number of nitrogens with zero attached hydrogens (tertiary/aromatic N) is 3. The Bertz CT molecular complexity index is 1420. The maximum absolute atomic E-state index is 13.5. The Morgan fingerprint density at radius 1 is 1.05 bits per heavy atom. The Morgan fingerprint density at radius 2 is 1.76 bits per heavy atom. The monoisotopic (exact) mass is 604 g/mol. The summed E-state index contributed by atoms with van der Waals surface area (Å²) in [5, 5.41) is 0.683. The number of nitrogens with one attached hydrogen (secondary N) is 1. The van der Waals surface area contributed by atoms with E-state index >= 15 is 0 Å². The minimum Gasteiger partial charge on any atom is -0.478 e. The fraction of sp³-hybridized carbons (Fsp3) is 0.586. The fourth-order valence-corrected chi connectivity index (χ4v) is 6.68. The molecular formula is C29H40N4O8S. The lowest BCUT2D eigenvalue weighted by Crippen LogP contribution is -2.61. The summed E-state index contributed by atoms with van der Waals surface area (Å²) in [6.07, 6.45) is 1.34. The highest BCUT2D eigenvalue weighted by molar-refractivity contribution is 7.89. The zero-order valence-electron chi connectivity index (χ0n) is 24.8. The summed E-state index contributed by atoms with van der Waals surface area (Å²) in [6, 6.07) is 6.98. The lowest BCUT2D eigenvalue weighted by molar-refractivity contribution is -0.158. The van der Waals surface area contributed by atoms with Crippen LogP contribution >= 0.6 is 0 Å². The third-order valence-electron chi connectivity index (χ3n) is 7.42. The number of rotatable bonds is 7. The molecule has 1 aliphatic carbocycles. The first-order chi connectivity index (χ1) is 19.8. The van der Waals surface area contributed by atoms with Gasteiger partial charge in [-0.3, -0.25) is 4.79 Å². The SMILES string of the molecule is CCOc1ccc2cc(S(=O)(=O)NC3CCC(C(=O)N4CCN(C(=O)OC(C)(C)C)CC4C(=O)OC)CC3)ccc2n1. The Labute approximate surface area is 246 Å². The number of hydrogen-bond acceptors (Lipinski definition) is 9. The minimum atomic E-state index is -3.80. The number of pyridine rings is 1. The molecule has 12 nitrogen and oxygen atoms in total. The van der Waals surface area contributed by atoms with E-state index in [1.807, 2.05) is 6.92 Å². The van der Waals surface area contributed by atoms with Gasteiger partial charge in [0.05, 0.1) is 30.7 Å². The van der Waals surface area contributed by atoms with Gasteiger partial charge in [0.15, 0.2) is 0 Å². The summed E-state index contributed by atoms with van der Waals surface area (Å²) < 4.78 is 44.9. The van der Waals surface area contributed by atoms with Crippen molar-refractivity contribution in [1.82, 2.24) is 19.5 Å². The highest BCUT2D eigenvalue weighted by Gasteiger charge is 2.41. The third-order valence-corrected chi connectivity index (χ3v) is 8.94. The van der Waals surface area contributed by atoms with Crippen molar-refractivity contribution in [2.75, 3.05) is 33.4 Å². The van der Waals surface area contributed by atoms with Crippen LogP contribution in [-0.2, 0) is 29.1 Å². The van der Waals surface area contributed by atoms with Crippen LogP contribution in [0.15, 0.2) is 35.2 Å². The predicted octanol–water partition coefficient (Wildman–Crippen LogP) is 3.09. The number of piperazine rings is 1. The van der Waals surface area contributed by atoms with Crippen LogP contribution in [0, 0.1) is 5.92 Å². The number of carbonyl (C=O) groups excluding carboxylic acids is 3. The maximum atomic E-state index is 13.5. The number of hydrogen-bond donors (Lipinski definition) is 1. The molecule has 2 aliphatic rings. The largest absolute Gasteiger partial charge is 0.478 e. The number of aromatic nitrogens is 1. The van der Waals surface area contributed by atoms with E-state index in [9.17, 15) is 22.8 Å². The van der Waals surface area contributed by atoms with Gasteiger partial charge >= 0.3 is 12.1 Å². The van der Waals surface area contributed by atoms with Crippen LogP contribution in [0.1, 0.15) is 53.4 Å². The number of esters is 1. The van der Waals surface area contributed by atoms with Crippen molar-refractivity contribution in [3.05, 3.63) is 30.3 Å². The third kappa shape index (κ3) is 7.49. The quantitative estimate of drug-likeness (QED) is 0.472. The lowest BCUT2D eigenvalue weighted by Gasteiger charge is -2.42. The van der Waals surface area contributed by atoms with Gasteiger partial charge in [-0.15, -0.1) is 0 Å². The van der Waals surface area contributed by atoms with Crippen LogP contribution < -0.4 is 9.46 Å². The molecule has 1 aromatic carbocycles. The average molecular weight is 605 g/mol. The molecule has 2 amide bonds. The van der Waals surface area contributed by atoms with Gasteiger partial charge in [-0.2, -0.15) is 0 Å². The molecule has 1 aliphatic heterocycles. The molecule has 2 aromatic rings. The van der Waals surface area contributed by atoms with Gasteiger partial charge < -0.3 is 24.0 Å². The molecule has 2 heterocycles. The van der Waals surface area contributed by atoms with Gasteiger partial charge in [-0.1, -0.05) is 0 Å². The average Bonchev–Trinajstić information content (AvgIpc) is 2.95. The summed E-state index contributed by atoms with van der Waals surface area (Å²) in [6.45, 7) is 8.02. The summed E-state index contributed by atoms with van der Waals surface area (Å²) in [7, 11) is -2.55. The molecular weight excluding hydrogens is 564 g/mol. The molecule has 0 spiro atoms. The van der Waals surface area contributed by atoms with Crippen molar-refractivity contribution in [3.63, 3.8) is 0 Å². The first kappa shape index (κ1) is 31.5. The van der Waals surface area contributed by atoms with Crippen molar-refractivity contribution in [3.8, 4) is 5.88 Å². The van der Waals surface area contributed by atoms with E-state index in [1.54, 1.807) is 45.0 Å². The number of sulfonamides is 1. The second kappa shape index (κ2) is 12.8. The van der Waals surface area contributed by atoms with E-state index in [2.05, 4.69) is 9.71 Å². The van der Waals surface area contributed by atoms with Gasteiger partial charge in [0.2, 0.25) is 21.8 Å². The molecule has 0 radical (unpaired) electrons. The van der Waals surface area contributed by atoms with E-state index in [0.29, 0.717) is 49.1 Å². The van der Waals surface area contributed by atoms with Crippen molar-refractivity contribution >= 4 is 38.9 Å². The van der Waals surface area contributed by atoms with E-state index in [-0.39, 0.29) is 42.4 Å². The minimum absolute atomic E-state index is 0.0172. The molecule has 1 saturated carbocycles.